The van der Waals surface area contributed by atoms with E-state index in [0.29, 0.717) is 30.8 Å². The average molecular weight is 301 g/mol. The van der Waals surface area contributed by atoms with Crippen LogP contribution in [0.15, 0.2) is 4.90 Å². The van der Waals surface area contributed by atoms with Gasteiger partial charge in [0.15, 0.2) is 0 Å². The first-order valence-corrected chi connectivity index (χ1v) is 8.68. The van der Waals surface area contributed by atoms with Crippen molar-refractivity contribution in [3.63, 3.8) is 0 Å². The van der Waals surface area contributed by atoms with Crippen molar-refractivity contribution in [3.8, 4) is 0 Å². The lowest BCUT2D eigenvalue weighted by molar-refractivity contribution is 0.0431. The largest absolute Gasteiger partial charge is 0.373 e. The first-order chi connectivity index (χ1) is 9.36. The number of hydrogen-bond acceptors (Lipinski definition) is 4. The molecule has 0 aromatic carbocycles. The van der Waals surface area contributed by atoms with E-state index in [1.54, 1.807) is 4.68 Å². The Morgan fingerprint density at radius 1 is 1.35 bits per heavy atom. The topological polar surface area (TPSA) is 87.2 Å². The predicted octanol–water partition coefficient (Wildman–Crippen LogP) is 1.22. The van der Waals surface area contributed by atoms with Crippen LogP contribution in [0.4, 0.5) is 0 Å². The Kier molecular flexibility index (Phi) is 4.51. The second-order valence-corrected chi connectivity index (χ2v) is 6.80. The van der Waals surface area contributed by atoms with Crippen LogP contribution in [-0.2, 0) is 34.1 Å². The number of sulfonamides is 1. The molecule has 6 nitrogen and oxygen atoms in total. The molecule has 7 heteroatoms. The molecule has 1 saturated heterocycles. The quantitative estimate of drug-likeness (QED) is 0.886. The van der Waals surface area contributed by atoms with E-state index < -0.39 is 10.0 Å². The third-order valence-electron chi connectivity index (χ3n) is 3.73. The van der Waals surface area contributed by atoms with Gasteiger partial charge in [-0.1, -0.05) is 13.8 Å². The Hall–Kier alpha value is -0.920. The summed E-state index contributed by atoms with van der Waals surface area (Å²) < 4.78 is 31.1. The molecule has 1 aromatic rings. The minimum atomic E-state index is -3.74. The Labute approximate surface area is 120 Å². The normalized spacial score (nSPS) is 23.4. The van der Waals surface area contributed by atoms with Gasteiger partial charge in [0.1, 0.15) is 4.90 Å². The van der Waals surface area contributed by atoms with E-state index in [0.717, 1.165) is 12.8 Å². The Morgan fingerprint density at radius 3 is 2.50 bits per heavy atom. The highest BCUT2D eigenvalue weighted by Gasteiger charge is 2.27. The van der Waals surface area contributed by atoms with Gasteiger partial charge < -0.3 is 4.74 Å². The molecular formula is C13H23N3O3S. The molecular weight excluding hydrogens is 278 g/mol. The lowest BCUT2D eigenvalue weighted by atomic mass is 10.2. The molecule has 114 valence electrons. The Balaban J connectivity index is 2.36. The summed E-state index contributed by atoms with van der Waals surface area (Å²) in [7, 11) is -3.74. The van der Waals surface area contributed by atoms with Crippen LogP contribution in [0.2, 0.25) is 0 Å². The van der Waals surface area contributed by atoms with Crippen molar-refractivity contribution >= 4 is 10.0 Å². The highest BCUT2D eigenvalue weighted by molar-refractivity contribution is 7.89. The van der Waals surface area contributed by atoms with Crippen molar-refractivity contribution in [2.75, 3.05) is 0 Å². The molecule has 2 rings (SSSR count). The van der Waals surface area contributed by atoms with Crippen LogP contribution in [-0.4, -0.2) is 30.4 Å². The highest BCUT2D eigenvalue weighted by atomic mass is 32.2. The van der Waals surface area contributed by atoms with Crippen LogP contribution in [0.5, 0.6) is 0 Å². The van der Waals surface area contributed by atoms with Crippen molar-refractivity contribution in [1.29, 1.82) is 0 Å². The summed E-state index contributed by atoms with van der Waals surface area (Å²) in [5.41, 5.74) is 1.24. The standard InChI is InChI=1S/C13H23N3O3S/c1-4-11-13(20(14,17)18)12(5-2)16(15-11)8-10-7-6-9(3)19-10/h9-10H,4-8H2,1-3H3,(H2,14,17,18). The molecule has 0 radical (unpaired) electrons. The van der Waals surface area contributed by atoms with Crippen molar-refractivity contribution in [2.24, 2.45) is 5.14 Å². The van der Waals surface area contributed by atoms with Gasteiger partial charge in [-0.05, 0) is 32.6 Å². The van der Waals surface area contributed by atoms with Crippen LogP contribution >= 0.6 is 0 Å². The van der Waals surface area contributed by atoms with Crippen LogP contribution in [0.3, 0.4) is 0 Å². The van der Waals surface area contributed by atoms with E-state index in [1.165, 1.54) is 0 Å². The summed E-state index contributed by atoms with van der Waals surface area (Å²) in [4.78, 5) is 0.202. The second-order valence-electron chi connectivity index (χ2n) is 5.30. The summed E-state index contributed by atoms with van der Waals surface area (Å²) in [6, 6.07) is 0. The zero-order valence-electron chi connectivity index (χ0n) is 12.3. The van der Waals surface area contributed by atoms with E-state index in [9.17, 15) is 8.42 Å². The molecule has 0 bridgehead atoms. The molecule has 2 heterocycles. The van der Waals surface area contributed by atoms with Gasteiger partial charge in [0, 0.05) is 0 Å². The SMILES string of the molecule is CCc1nn(CC2CCC(C)O2)c(CC)c1S(N)(=O)=O. The molecule has 2 atom stereocenters. The average Bonchev–Trinajstić information content (AvgIpc) is 2.92. The van der Waals surface area contributed by atoms with Crippen LogP contribution in [0.25, 0.3) is 0 Å². The Bertz CT molecular complexity index is 580. The number of rotatable bonds is 5. The van der Waals surface area contributed by atoms with Gasteiger partial charge >= 0.3 is 0 Å². The fourth-order valence-corrected chi connectivity index (χ4v) is 3.89. The monoisotopic (exact) mass is 301 g/mol. The van der Waals surface area contributed by atoms with Crippen LogP contribution < -0.4 is 5.14 Å². The summed E-state index contributed by atoms with van der Waals surface area (Å²) in [6.45, 7) is 6.45. The minimum Gasteiger partial charge on any atom is -0.373 e. The van der Waals surface area contributed by atoms with Gasteiger partial charge in [-0.2, -0.15) is 5.10 Å². The van der Waals surface area contributed by atoms with Gasteiger partial charge in [-0.15, -0.1) is 0 Å². The number of ether oxygens (including phenoxy) is 1. The number of hydrogen-bond donors (Lipinski definition) is 1. The molecule has 2 unspecified atom stereocenters. The fraction of sp³-hybridized carbons (Fsp3) is 0.769. The molecule has 0 spiro atoms. The van der Waals surface area contributed by atoms with Gasteiger partial charge in [0.05, 0.1) is 30.1 Å². The lowest BCUT2D eigenvalue weighted by Crippen LogP contribution is -2.20. The molecule has 1 fully saturated rings. The molecule has 0 saturated carbocycles. The maximum Gasteiger partial charge on any atom is 0.241 e. The summed E-state index contributed by atoms with van der Waals surface area (Å²) in [6.07, 6.45) is 3.53. The summed E-state index contributed by atoms with van der Waals surface area (Å²) >= 11 is 0. The van der Waals surface area contributed by atoms with E-state index in [2.05, 4.69) is 12.0 Å². The number of aromatic nitrogens is 2. The van der Waals surface area contributed by atoms with Crippen molar-refractivity contribution < 1.29 is 13.2 Å². The smallest absolute Gasteiger partial charge is 0.241 e. The van der Waals surface area contributed by atoms with Gasteiger partial charge in [0.2, 0.25) is 10.0 Å². The number of nitrogens with two attached hydrogens (primary N) is 1. The van der Waals surface area contributed by atoms with Gasteiger partial charge in [-0.3, -0.25) is 4.68 Å². The summed E-state index contributed by atoms with van der Waals surface area (Å²) in [5.74, 6) is 0. The highest BCUT2D eigenvalue weighted by Crippen LogP contribution is 2.24. The first-order valence-electron chi connectivity index (χ1n) is 7.13. The molecule has 20 heavy (non-hydrogen) atoms. The van der Waals surface area contributed by atoms with Crippen LogP contribution in [0, 0.1) is 0 Å². The van der Waals surface area contributed by atoms with E-state index in [-0.39, 0.29) is 17.1 Å². The van der Waals surface area contributed by atoms with E-state index in [4.69, 9.17) is 9.88 Å². The molecule has 2 N–H and O–H groups in total. The van der Waals surface area contributed by atoms with E-state index >= 15 is 0 Å². The number of nitrogens with zero attached hydrogens (tertiary/aromatic N) is 2. The maximum atomic E-state index is 11.8. The van der Waals surface area contributed by atoms with Gasteiger partial charge in [0.25, 0.3) is 0 Å². The Morgan fingerprint density at radius 2 is 2.05 bits per heavy atom. The summed E-state index contributed by atoms with van der Waals surface area (Å²) in [5, 5.41) is 9.77. The van der Waals surface area contributed by atoms with Crippen molar-refractivity contribution in [2.45, 2.75) is 70.1 Å². The molecule has 0 amide bonds. The third-order valence-corrected chi connectivity index (χ3v) is 4.77. The van der Waals surface area contributed by atoms with E-state index in [1.807, 2.05) is 13.8 Å². The first kappa shape index (κ1) is 15.5. The van der Waals surface area contributed by atoms with Crippen LogP contribution in [0.1, 0.15) is 45.0 Å². The maximum absolute atomic E-state index is 11.8. The van der Waals surface area contributed by atoms with Crippen molar-refractivity contribution in [3.05, 3.63) is 11.4 Å². The van der Waals surface area contributed by atoms with Crippen molar-refractivity contribution in [1.82, 2.24) is 9.78 Å². The zero-order chi connectivity index (χ0) is 14.9. The molecule has 1 aromatic heterocycles. The fourth-order valence-electron chi connectivity index (χ4n) is 2.80. The second kappa shape index (κ2) is 5.83. The minimum absolute atomic E-state index is 0.105. The number of aryl methyl sites for hydroxylation is 1. The lowest BCUT2D eigenvalue weighted by Gasteiger charge is -2.13. The molecule has 1 aliphatic heterocycles. The molecule has 1 aliphatic rings. The molecule has 0 aliphatic carbocycles. The number of primary sulfonamides is 1. The van der Waals surface area contributed by atoms with Gasteiger partial charge in [-0.25, -0.2) is 13.6 Å². The predicted molar refractivity (Wildman–Crippen MR) is 75.9 cm³/mol. The third kappa shape index (κ3) is 3.05. The zero-order valence-corrected chi connectivity index (χ0v) is 13.1.